The molecule has 1 amide bonds. The summed E-state index contributed by atoms with van der Waals surface area (Å²) in [5.41, 5.74) is 0.663. The fourth-order valence-electron chi connectivity index (χ4n) is 3.58. The molecule has 5 nitrogen and oxygen atoms in total. The minimum Gasteiger partial charge on any atom is -0.360 e. The van der Waals surface area contributed by atoms with E-state index in [9.17, 15) is 4.79 Å². The summed E-state index contributed by atoms with van der Waals surface area (Å²) in [6.07, 6.45) is 6.40. The van der Waals surface area contributed by atoms with E-state index >= 15 is 0 Å². The van der Waals surface area contributed by atoms with Gasteiger partial charge in [0.25, 0.3) is 0 Å². The van der Waals surface area contributed by atoms with Crippen LogP contribution in [0, 0.1) is 0 Å². The molecule has 1 aliphatic heterocycles. The van der Waals surface area contributed by atoms with E-state index < -0.39 is 0 Å². The number of carbonyl (C=O) groups is 1. The highest BCUT2D eigenvalue weighted by molar-refractivity contribution is 7.80. The van der Waals surface area contributed by atoms with E-state index in [1.807, 2.05) is 18.2 Å². The standard InChI is InChI=1S/C19H27ClN4OS/c20-16-8-4-5-9-17(16)22-18(25)14-23-10-12-24(13-11-23)19(26)21-15-6-2-1-3-7-15/h4-5,8-9,15H,1-3,6-7,10-14H2,(H,21,26)(H,22,25). The van der Waals surface area contributed by atoms with Crippen molar-refractivity contribution in [3.05, 3.63) is 29.3 Å². The second-order valence-corrected chi connectivity index (χ2v) is 7.87. The van der Waals surface area contributed by atoms with Gasteiger partial charge >= 0.3 is 0 Å². The maximum Gasteiger partial charge on any atom is 0.238 e. The number of benzene rings is 1. The van der Waals surface area contributed by atoms with Crippen LogP contribution in [0.1, 0.15) is 32.1 Å². The summed E-state index contributed by atoms with van der Waals surface area (Å²) in [4.78, 5) is 16.6. The summed E-state index contributed by atoms with van der Waals surface area (Å²) in [5, 5.41) is 7.84. The lowest BCUT2D eigenvalue weighted by Gasteiger charge is -2.37. The molecule has 0 aromatic heterocycles. The summed E-state index contributed by atoms with van der Waals surface area (Å²) >= 11 is 11.7. The number of hydrogen-bond donors (Lipinski definition) is 2. The van der Waals surface area contributed by atoms with E-state index in [1.165, 1.54) is 32.1 Å². The zero-order valence-corrected chi connectivity index (χ0v) is 16.6. The largest absolute Gasteiger partial charge is 0.360 e. The smallest absolute Gasteiger partial charge is 0.238 e. The predicted molar refractivity (Wildman–Crippen MR) is 111 cm³/mol. The SMILES string of the molecule is O=C(CN1CCN(C(=S)NC2CCCCC2)CC1)Nc1ccccc1Cl. The minimum absolute atomic E-state index is 0.0329. The van der Waals surface area contributed by atoms with Gasteiger partial charge in [-0.3, -0.25) is 9.69 Å². The maximum atomic E-state index is 12.2. The topological polar surface area (TPSA) is 47.6 Å². The van der Waals surface area contributed by atoms with Gasteiger partial charge in [-0.05, 0) is 37.2 Å². The van der Waals surface area contributed by atoms with Gasteiger partial charge in [0, 0.05) is 32.2 Å². The maximum absolute atomic E-state index is 12.2. The average Bonchev–Trinajstić information content (AvgIpc) is 2.65. The van der Waals surface area contributed by atoms with Crippen LogP contribution >= 0.6 is 23.8 Å². The first-order valence-electron chi connectivity index (χ1n) is 9.44. The fraction of sp³-hybridized carbons (Fsp3) is 0.579. The molecule has 1 heterocycles. The molecule has 2 fully saturated rings. The van der Waals surface area contributed by atoms with Crippen LogP contribution < -0.4 is 10.6 Å². The van der Waals surface area contributed by atoms with Gasteiger partial charge in [0.1, 0.15) is 0 Å². The number of carbonyl (C=O) groups excluding carboxylic acids is 1. The number of nitrogens with zero attached hydrogens (tertiary/aromatic N) is 2. The van der Waals surface area contributed by atoms with E-state index in [0.717, 1.165) is 31.3 Å². The first-order chi connectivity index (χ1) is 12.6. The van der Waals surface area contributed by atoms with Crippen LogP contribution in [0.2, 0.25) is 5.02 Å². The molecule has 0 spiro atoms. The number of piperazine rings is 1. The van der Waals surface area contributed by atoms with Crippen molar-refractivity contribution in [1.29, 1.82) is 0 Å². The van der Waals surface area contributed by atoms with Gasteiger partial charge in [-0.1, -0.05) is 43.0 Å². The van der Waals surface area contributed by atoms with E-state index in [2.05, 4.69) is 20.4 Å². The van der Waals surface area contributed by atoms with Crippen LogP contribution in [0.4, 0.5) is 5.69 Å². The number of thiocarbonyl (C=S) groups is 1. The Labute approximate surface area is 166 Å². The van der Waals surface area contributed by atoms with Crippen molar-refractivity contribution < 1.29 is 4.79 Å². The number of rotatable bonds is 4. The summed E-state index contributed by atoms with van der Waals surface area (Å²) < 4.78 is 0. The van der Waals surface area contributed by atoms with Crippen molar-refractivity contribution in [3.63, 3.8) is 0 Å². The Morgan fingerprint density at radius 2 is 1.81 bits per heavy atom. The Hall–Kier alpha value is -1.37. The first kappa shape index (κ1) is 19.4. The zero-order valence-electron chi connectivity index (χ0n) is 15.0. The van der Waals surface area contributed by atoms with Gasteiger partial charge in [0.15, 0.2) is 5.11 Å². The fourth-order valence-corrected chi connectivity index (χ4v) is 4.11. The molecule has 1 saturated heterocycles. The number of nitrogens with one attached hydrogen (secondary N) is 2. The van der Waals surface area contributed by atoms with Crippen molar-refractivity contribution in [2.75, 3.05) is 38.0 Å². The van der Waals surface area contributed by atoms with Crippen molar-refractivity contribution in [2.45, 2.75) is 38.1 Å². The number of amides is 1. The third kappa shape index (κ3) is 5.56. The molecule has 0 atom stereocenters. The van der Waals surface area contributed by atoms with Gasteiger partial charge in [-0.25, -0.2) is 0 Å². The van der Waals surface area contributed by atoms with Gasteiger partial charge < -0.3 is 15.5 Å². The lowest BCUT2D eigenvalue weighted by atomic mass is 9.96. The Morgan fingerprint density at radius 3 is 2.50 bits per heavy atom. The van der Waals surface area contributed by atoms with Crippen LogP contribution in [0.5, 0.6) is 0 Å². The molecule has 7 heteroatoms. The summed E-state index contributed by atoms with van der Waals surface area (Å²) in [6, 6.07) is 7.84. The first-order valence-corrected chi connectivity index (χ1v) is 10.2. The van der Waals surface area contributed by atoms with E-state index in [0.29, 0.717) is 23.3 Å². The molecular weight excluding hydrogens is 368 g/mol. The van der Waals surface area contributed by atoms with Gasteiger partial charge in [0.05, 0.1) is 17.3 Å². The molecule has 1 aromatic rings. The third-order valence-corrected chi connectivity index (χ3v) is 5.81. The molecule has 3 rings (SSSR count). The molecule has 142 valence electrons. The quantitative estimate of drug-likeness (QED) is 0.768. The molecule has 0 radical (unpaired) electrons. The normalized spacial score (nSPS) is 19.2. The van der Waals surface area contributed by atoms with E-state index in [4.69, 9.17) is 23.8 Å². The number of hydrogen-bond acceptors (Lipinski definition) is 3. The molecule has 1 saturated carbocycles. The van der Waals surface area contributed by atoms with Crippen molar-refractivity contribution in [3.8, 4) is 0 Å². The van der Waals surface area contributed by atoms with Crippen molar-refractivity contribution in [2.24, 2.45) is 0 Å². The zero-order chi connectivity index (χ0) is 18.4. The van der Waals surface area contributed by atoms with Crippen molar-refractivity contribution >= 4 is 40.5 Å². The van der Waals surface area contributed by atoms with E-state index in [-0.39, 0.29) is 5.91 Å². The van der Waals surface area contributed by atoms with Gasteiger partial charge in [0.2, 0.25) is 5.91 Å². The highest BCUT2D eigenvalue weighted by atomic mass is 35.5. The number of halogens is 1. The van der Waals surface area contributed by atoms with Crippen LogP contribution in [-0.4, -0.2) is 59.6 Å². The highest BCUT2D eigenvalue weighted by Gasteiger charge is 2.22. The molecule has 0 unspecified atom stereocenters. The Bertz CT molecular complexity index is 628. The lowest BCUT2D eigenvalue weighted by molar-refractivity contribution is -0.117. The highest BCUT2D eigenvalue weighted by Crippen LogP contribution is 2.20. The molecule has 0 bridgehead atoms. The lowest BCUT2D eigenvalue weighted by Crippen LogP contribution is -2.54. The second-order valence-electron chi connectivity index (χ2n) is 7.08. The predicted octanol–water partition coefficient (Wildman–Crippen LogP) is 3.10. The third-order valence-electron chi connectivity index (χ3n) is 5.11. The minimum atomic E-state index is -0.0329. The molecule has 2 aliphatic rings. The molecule has 26 heavy (non-hydrogen) atoms. The summed E-state index contributed by atoms with van der Waals surface area (Å²) in [6.45, 7) is 3.77. The van der Waals surface area contributed by atoms with Crippen LogP contribution in [0.25, 0.3) is 0 Å². The average molecular weight is 395 g/mol. The second kappa shape index (κ2) is 9.53. The van der Waals surface area contributed by atoms with Crippen LogP contribution in [0.15, 0.2) is 24.3 Å². The van der Waals surface area contributed by atoms with E-state index in [1.54, 1.807) is 6.07 Å². The van der Waals surface area contributed by atoms with Crippen LogP contribution in [-0.2, 0) is 4.79 Å². The molecule has 2 N–H and O–H groups in total. The summed E-state index contributed by atoms with van der Waals surface area (Å²) in [5.74, 6) is -0.0329. The van der Waals surface area contributed by atoms with Crippen LogP contribution in [0.3, 0.4) is 0 Å². The van der Waals surface area contributed by atoms with Gasteiger partial charge in [-0.2, -0.15) is 0 Å². The Kier molecular flexibility index (Phi) is 7.11. The Morgan fingerprint density at radius 1 is 1.12 bits per heavy atom. The number of anilines is 1. The molecule has 1 aliphatic carbocycles. The Balaban J connectivity index is 1.39. The molecule has 1 aromatic carbocycles. The monoisotopic (exact) mass is 394 g/mol. The van der Waals surface area contributed by atoms with Gasteiger partial charge in [-0.15, -0.1) is 0 Å². The summed E-state index contributed by atoms with van der Waals surface area (Å²) in [7, 11) is 0. The molecular formula is C19H27ClN4OS. The number of para-hydroxylation sites is 1. The van der Waals surface area contributed by atoms with Crippen molar-refractivity contribution in [1.82, 2.24) is 15.1 Å².